The molecule has 120 valence electrons. The van der Waals surface area contributed by atoms with E-state index in [9.17, 15) is 4.79 Å². The van der Waals surface area contributed by atoms with Crippen molar-refractivity contribution in [3.8, 4) is 5.69 Å². The Morgan fingerprint density at radius 3 is 2.78 bits per heavy atom. The monoisotopic (exact) mass is 312 g/mol. The van der Waals surface area contributed by atoms with E-state index in [1.165, 1.54) is 19.2 Å². The van der Waals surface area contributed by atoms with Gasteiger partial charge in [-0.1, -0.05) is 6.07 Å². The third kappa shape index (κ3) is 2.72. The summed E-state index contributed by atoms with van der Waals surface area (Å²) in [6.45, 7) is 0. The molecule has 7 nitrogen and oxygen atoms in total. The molecule has 0 spiro atoms. The number of piperidine rings is 1. The zero-order chi connectivity index (χ0) is 15.8. The summed E-state index contributed by atoms with van der Waals surface area (Å²) >= 11 is 0. The number of hydrogen-bond acceptors (Lipinski definition) is 5. The van der Waals surface area contributed by atoms with Crippen LogP contribution in [0.1, 0.15) is 36.0 Å². The maximum atomic E-state index is 12.8. The predicted octanol–water partition coefficient (Wildman–Crippen LogP) is 1.02. The van der Waals surface area contributed by atoms with E-state index < -0.39 is 0 Å². The largest absolute Gasteiger partial charge is 0.339 e. The first-order valence-electron chi connectivity index (χ1n) is 8.07. The fourth-order valence-electron chi connectivity index (χ4n) is 3.77. The van der Waals surface area contributed by atoms with Crippen LogP contribution in [0, 0.1) is 0 Å². The second-order valence-electron chi connectivity index (χ2n) is 6.48. The van der Waals surface area contributed by atoms with Gasteiger partial charge in [-0.15, -0.1) is 5.10 Å². The molecule has 1 aromatic heterocycles. The van der Waals surface area contributed by atoms with Crippen molar-refractivity contribution < 1.29 is 4.79 Å². The Balaban J connectivity index is 1.53. The predicted molar refractivity (Wildman–Crippen MR) is 84.2 cm³/mol. The number of amides is 1. The van der Waals surface area contributed by atoms with E-state index in [-0.39, 0.29) is 5.91 Å². The van der Waals surface area contributed by atoms with E-state index in [1.54, 1.807) is 4.68 Å². The Morgan fingerprint density at radius 2 is 2.09 bits per heavy atom. The number of benzene rings is 1. The number of tetrazole rings is 1. The van der Waals surface area contributed by atoms with Crippen LogP contribution in [0.3, 0.4) is 0 Å². The highest BCUT2D eigenvalue weighted by Gasteiger charge is 2.36. The Bertz CT molecular complexity index is 688. The van der Waals surface area contributed by atoms with Gasteiger partial charge in [0, 0.05) is 30.7 Å². The van der Waals surface area contributed by atoms with E-state index in [0.29, 0.717) is 23.7 Å². The first kappa shape index (κ1) is 14.3. The Morgan fingerprint density at radius 1 is 1.30 bits per heavy atom. The lowest BCUT2D eigenvalue weighted by Crippen LogP contribution is -2.48. The molecule has 1 amide bonds. The molecular formula is C16H20N6O. The maximum absolute atomic E-state index is 12.8. The molecular weight excluding hydrogens is 292 g/mol. The normalized spacial score (nSPS) is 26.2. The van der Waals surface area contributed by atoms with Gasteiger partial charge in [-0.2, -0.15) is 0 Å². The molecule has 0 saturated carbocycles. The second-order valence-corrected chi connectivity index (χ2v) is 6.48. The summed E-state index contributed by atoms with van der Waals surface area (Å²) in [6.07, 6.45) is 6.09. The van der Waals surface area contributed by atoms with Crippen LogP contribution in [-0.4, -0.2) is 56.2 Å². The first-order chi connectivity index (χ1) is 11.2. The Labute approximate surface area is 134 Å². The van der Waals surface area contributed by atoms with Crippen molar-refractivity contribution >= 4 is 5.91 Å². The number of hydrogen-bond donors (Lipinski definition) is 1. The van der Waals surface area contributed by atoms with Crippen molar-refractivity contribution in [3.63, 3.8) is 0 Å². The van der Waals surface area contributed by atoms with E-state index in [4.69, 9.17) is 0 Å². The first-order valence-corrected chi connectivity index (χ1v) is 8.07. The molecule has 0 radical (unpaired) electrons. The lowest BCUT2D eigenvalue weighted by atomic mass is 9.98. The van der Waals surface area contributed by atoms with Crippen LogP contribution in [0.25, 0.3) is 5.69 Å². The van der Waals surface area contributed by atoms with Crippen LogP contribution in [0.2, 0.25) is 0 Å². The third-order valence-corrected chi connectivity index (χ3v) is 5.02. The molecule has 2 saturated heterocycles. The average molecular weight is 312 g/mol. The number of aromatic nitrogens is 4. The van der Waals surface area contributed by atoms with Gasteiger partial charge in [-0.05, 0) is 54.3 Å². The molecule has 0 aliphatic carbocycles. The molecule has 7 heteroatoms. The Kier molecular flexibility index (Phi) is 3.57. The van der Waals surface area contributed by atoms with E-state index in [1.807, 2.05) is 36.2 Å². The van der Waals surface area contributed by atoms with Crippen molar-refractivity contribution in [1.82, 2.24) is 30.4 Å². The third-order valence-electron chi connectivity index (χ3n) is 5.02. The quantitative estimate of drug-likeness (QED) is 0.915. The van der Waals surface area contributed by atoms with Gasteiger partial charge in [-0.25, -0.2) is 4.68 Å². The minimum absolute atomic E-state index is 0.0613. The number of nitrogens with one attached hydrogen (secondary N) is 1. The van der Waals surface area contributed by atoms with Crippen LogP contribution in [-0.2, 0) is 0 Å². The lowest BCUT2D eigenvalue weighted by molar-refractivity contribution is 0.0681. The minimum Gasteiger partial charge on any atom is -0.339 e. The molecule has 1 aromatic carbocycles. The Hall–Kier alpha value is -2.28. The molecule has 2 atom stereocenters. The number of carbonyl (C=O) groups excluding carboxylic acids is 1. The van der Waals surface area contributed by atoms with E-state index in [0.717, 1.165) is 18.5 Å². The fraction of sp³-hybridized carbons (Fsp3) is 0.500. The fourth-order valence-corrected chi connectivity index (χ4v) is 3.77. The zero-order valence-corrected chi connectivity index (χ0v) is 13.1. The molecule has 23 heavy (non-hydrogen) atoms. The summed E-state index contributed by atoms with van der Waals surface area (Å²) in [5.74, 6) is 0.0613. The van der Waals surface area contributed by atoms with Crippen molar-refractivity contribution in [2.24, 2.45) is 0 Å². The van der Waals surface area contributed by atoms with Gasteiger partial charge in [0.05, 0.1) is 5.69 Å². The molecule has 2 unspecified atom stereocenters. The zero-order valence-electron chi connectivity index (χ0n) is 13.1. The average Bonchev–Trinajstić information content (AvgIpc) is 3.23. The van der Waals surface area contributed by atoms with Crippen LogP contribution in [0.4, 0.5) is 0 Å². The molecule has 1 N–H and O–H groups in total. The van der Waals surface area contributed by atoms with Crippen LogP contribution < -0.4 is 5.32 Å². The van der Waals surface area contributed by atoms with Gasteiger partial charge in [-0.3, -0.25) is 4.79 Å². The molecule has 2 aromatic rings. The molecule has 4 rings (SSSR count). The molecule has 2 fully saturated rings. The highest BCUT2D eigenvalue weighted by Crippen LogP contribution is 2.29. The van der Waals surface area contributed by atoms with Crippen LogP contribution in [0.15, 0.2) is 30.6 Å². The van der Waals surface area contributed by atoms with E-state index in [2.05, 4.69) is 20.8 Å². The van der Waals surface area contributed by atoms with Gasteiger partial charge in [0.2, 0.25) is 0 Å². The van der Waals surface area contributed by atoms with Crippen molar-refractivity contribution in [1.29, 1.82) is 0 Å². The van der Waals surface area contributed by atoms with Crippen molar-refractivity contribution in [3.05, 3.63) is 36.2 Å². The summed E-state index contributed by atoms with van der Waals surface area (Å²) in [7, 11) is 1.92. The number of fused-ring (bicyclic) bond motifs is 2. The van der Waals surface area contributed by atoms with Crippen molar-refractivity contribution in [2.45, 2.75) is 43.8 Å². The minimum atomic E-state index is 0.0613. The second kappa shape index (κ2) is 5.73. The summed E-state index contributed by atoms with van der Waals surface area (Å²) in [5, 5.41) is 14.8. The van der Waals surface area contributed by atoms with Gasteiger partial charge >= 0.3 is 0 Å². The number of carbonyl (C=O) groups is 1. The molecule has 2 aliphatic heterocycles. The SMILES string of the molecule is CN(C(=O)c1cccc(-n2cnnn2)c1)C1CC2CCC(C1)N2. The summed E-state index contributed by atoms with van der Waals surface area (Å²) in [4.78, 5) is 14.8. The maximum Gasteiger partial charge on any atom is 0.253 e. The summed E-state index contributed by atoms with van der Waals surface area (Å²) < 4.78 is 1.56. The van der Waals surface area contributed by atoms with Crippen LogP contribution in [0.5, 0.6) is 0 Å². The van der Waals surface area contributed by atoms with Gasteiger partial charge in [0.25, 0.3) is 5.91 Å². The highest BCUT2D eigenvalue weighted by atomic mass is 16.2. The molecule has 2 bridgehead atoms. The van der Waals surface area contributed by atoms with Crippen molar-refractivity contribution in [2.75, 3.05) is 7.05 Å². The van der Waals surface area contributed by atoms with Gasteiger partial charge in [0.15, 0.2) is 0 Å². The lowest BCUT2D eigenvalue weighted by Gasteiger charge is -2.35. The van der Waals surface area contributed by atoms with Crippen LogP contribution >= 0.6 is 0 Å². The molecule has 2 aliphatic rings. The topological polar surface area (TPSA) is 75.9 Å². The smallest absolute Gasteiger partial charge is 0.253 e. The molecule has 3 heterocycles. The summed E-state index contributed by atoms with van der Waals surface area (Å²) in [6, 6.07) is 8.90. The van der Waals surface area contributed by atoms with Gasteiger partial charge in [0.1, 0.15) is 6.33 Å². The number of rotatable bonds is 3. The van der Waals surface area contributed by atoms with Gasteiger partial charge < -0.3 is 10.2 Å². The van der Waals surface area contributed by atoms with E-state index >= 15 is 0 Å². The number of nitrogens with zero attached hydrogens (tertiary/aromatic N) is 5. The highest BCUT2D eigenvalue weighted by molar-refractivity contribution is 5.94. The standard InChI is InChI=1S/C16H20N6O/c1-21(15-8-12-5-6-13(9-15)18-12)16(23)11-3-2-4-14(7-11)22-10-17-19-20-22/h2-4,7,10,12-13,15,18H,5-6,8-9H2,1H3. The summed E-state index contributed by atoms with van der Waals surface area (Å²) in [5.41, 5.74) is 1.46.